The molecule has 0 saturated heterocycles. The Balaban J connectivity index is 3.83. The van der Waals surface area contributed by atoms with Gasteiger partial charge in [0.2, 0.25) is 0 Å². The Bertz CT molecular complexity index is 120. The maximum atomic E-state index is 12.0. The Hall–Kier alpha value is -0.220. The molecule has 0 amide bonds. The topological polar surface area (TPSA) is 15.3 Å². The van der Waals surface area contributed by atoms with Gasteiger partial charge in [0, 0.05) is 12.1 Å². The highest BCUT2D eigenvalue weighted by Gasteiger charge is 2.17. The van der Waals surface area contributed by atoms with Gasteiger partial charge in [-0.05, 0) is 27.9 Å². The summed E-state index contributed by atoms with van der Waals surface area (Å²) in [7, 11) is 3.54. The Morgan fingerprint density at radius 3 is 2.17 bits per heavy atom. The lowest BCUT2D eigenvalue weighted by Crippen LogP contribution is -2.45. The highest BCUT2D eigenvalue weighted by atomic mass is 19.3. The first kappa shape index (κ1) is 11.8. The molecule has 0 aliphatic heterocycles. The number of likely N-dealkylation sites (N-methyl/N-ethyl adjacent to an activating group) is 2. The molecule has 0 rings (SSSR count). The molecule has 0 saturated carbocycles. The summed E-state index contributed by atoms with van der Waals surface area (Å²) in [5.74, 6) is 0. The van der Waals surface area contributed by atoms with E-state index in [1.54, 1.807) is 11.9 Å². The second-order valence-corrected chi connectivity index (χ2v) is 3.15. The van der Waals surface area contributed by atoms with Crippen LogP contribution in [-0.2, 0) is 0 Å². The van der Waals surface area contributed by atoms with Crippen LogP contribution in [0.25, 0.3) is 0 Å². The van der Waals surface area contributed by atoms with Gasteiger partial charge in [0.05, 0.1) is 6.54 Å². The van der Waals surface area contributed by atoms with Crippen molar-refractivity contribution in [2.45, 2.75) is 32.4 Å². The first-order chi connectivity index (χ1) is 5.49. The van der Waals surface area contributed by atoms with Gasteiger partial charge in [-0.1, -0.05) is 0 Å². The van der Waals surface area contributed by atoms with E-state index in [2.05, 4.69) is 5.32 Å². The van der Waals surface area contributed by atoms with Crippen LogP contribution in [0.2, 0.25) is 0 Å². The third-order valence-corrected chi connectivity index (χ3v) is 2.30. The molecule has 0 heterocycles. The number of halogens is 2. The van der Waals surface area contributed by atoms with Crippen LogP contribution in [0.3, 0.4) is 0 Å². The Labute approximate surface area is 72.9 Å². The van der Waals surface area contributed by atoms with Crippen molar-refractivity contribution < 1.29 is 8.78 Å². The smallest absolute Gasteiger partial charge is 0.251 e. The van der Waals surface area contributed by atoms with Crippen LogP contribution in [0.15, 0.2) is 0 Å². The van der Waals surface area contributed by atoms with Gasteiger partial charge in [0.25, 0.3) is 6.43 Å². The molecule has 4 heteroatoms. The van der Waals surface area contributed by atoms with Crippen molar-refractivity contribution in [1.29, 1.82) is 0 Å². The fourth-order valence-corrected chi connectivity index (χ4v) is 1.01. The van der Waals surface area contributed by atoms with Crippen molar-refractivity contribution in [3.8, 4) is 0 Å². The zero-order valence-electron chi connectivity index (χ0n) is 8.14. The number of hydrogen-bond acceptors (Lipinski definition) is 2. The van der Waals surface area contributed by atoms with Crippen molar-refractivity contribution in [2.75, 3.05) is 20.6 Å². The van der Waals surface area contributed by atoms with Gasteiger partial charge in [-0.25, -0.2) is 8.78 Å². The molecule has 0 fully saturated rings. The predicted molar refractivity (Wildman–Crippen MR) is 46.6 cm³/mol. The minimum atomic E-state index is -2.25. The van der Waals surface area contributed by atoms with Gasteiger partial charge in [0.15, 0.2) is 0 Å². The number of nitrogens with zero attached hydrogens (tertiary/aromatic N) is 1. The summed E-state index contributed by atoms with van der Waals surface area (Å²) >= 11 is 0. The van der Waals surface area contributed by atoms with Crippen molar-refractivity contribution in [3.05, 3.63) is 0 Å². The van der Waals surface area contributed by atoms with Crippen LogP contribution in [0.4, 0.5) is 8.78 Å². The standard InChI is InChI=1S/C8H18F2N2/c1-6(11-3)7(2)12(4)5-8(9)10/h6-8,11H,5H2,1-4H3. The van der Waals surface area contributed by atoms with E-state index in [-0.39, 0.29) is 18.6 Å². The van der Waals surface area contributed by atoms with Crippen molar-refractivity contribution in [2.24, 2.45) is 0 Å². The molecule has 0 bridgehead atoms. The van der Waals surface area contributed by atoms with Gasteiger partial charge < -0.3 is 5.32 Å². The molecule has 0 aliphatic rings. The summed E-state index contributed by atoms with van der Waals surface area (Å²) in [5, 5.41) is 3.03. The molecular formula is C8H18F2N2. The summed E-state index contributed by atoms with van der Waals surface area (Å²) in [6, 6.07) is 0.359. The van der Waals surface area contributed by atoms with Gasteiger partial charge >= 0.3 is 0 Å². The molecule has 1 N–H and O–H groups in total. The molecule has 0 aromatic carbocycles. The molecule has 74 valence electrons. The molecule has 2 unspecified atom stereocenters. The maximum absolute atomic E-state index is 12.0. The molecule has 12 heavy (non-hydrogen) atoms. The Kier molecular flexibility index (Phi) is 5.33. The molecule has 2 nitrogen and oxygen atoms in total. The van der Waals surface area contributed by atoms with Gasteiger partial charge in [-0.3, -0.25) is 4.90 Å². The van der Waals surface area contributed by atoms with E-state index >= 15 is 0 Å². The van der Waals surface area contributed by atoms with Gasteiger partial charge in [-0.2, -0.15) is 0 Å². The second-order valence-electron chi connectivity index (χ2n) is 3.15. The Morgan fingerprint density at radius 1 is 1.33 bits per heavy atom. The first-order valence-electron chi connectivity index (χ1n) is 4.14. The van der Waals surface area contributed by atoms with E-state index in [1.807, 2.05) is 20.9 Å². The summed E-state index contributed by atoms with van der Waals surface area (Å²) in [4.78, 5) is 1.66. The molecule has 0 spiro atoms. The zero-order valence-corrected chi connectivity index (χ0v) is 8.14. The fraction of sp³-hybridized carbons (Fsp3) is 1.00. The lowest BCUT2D eigenvalue weighted by Gasteiger charge is -2.29. The first-order valence-corrected chi connectivity index (χ1v) is 4.14. The fourth-order valence-electron chi connectivity index (χ4n) is 1.01. The summed E-state index contributed by atoms with van der Waals surface area (Å²) < 4.78 is 23.9. The number of hydrogen-bond donors (Lipinski definition) is 1. The highest BCUT2D eigenvalue weighted by Crippen LogP contribution is 2.04. The predicted octanol–water partition coefficient (Wildman–Crippen LogP) is 1.18. The summed E-state index contributed by atoms with van der Waals surface area (Å²) in [5.41, 5.74) is 0. The van der Waals surface area contributed by atoms with Crippen LogP contribution in [0.5, 0.6) is 0 Å². The van der Waals surface area contributed by atoms with Crippen LogP contribution < -0.4 is 5.32 Å². The molecule has 2 atom stereocenters. The van der Waals surface area contributed by atoms with E-state index in [9.17, 15) is 8.78 Å². The normalized spacial score (nSPS) is 17.0. The average Bonchev–Trinajstić information content (AvgIpc) is 2.00. The number of rotatable bonds is 5. The third-order valence-electron chi connectivity index (χ3n) is 2.30. The van der Waals surface area contributed by atoms with E-state index in [4.69, 9.17) is 0 Å². The van der Waals surface area contributed by atoms with Crippen LogP contribution in [-0.4, -0.2) is 44.0 Å². The molecular weight excluding hydrogens is 162 g/mol. The number of nitrogens with one attached hydrogen (secondary N) is 1. The van der Waals surface area contributed by atoms with Crippen LogP contribution >= 0.6 is 0 Å². The molecule has 0 aliphatic carbocycles. The second kappa shape index (κ2) is 5.43. The number of alkyl halides is 2. The van der Waals surface area contributed by atoms with E-state index in [0.717, 1.165) is 0 Å². The summed E-state index contributed by atoms with van der Waals surface area (Å²) in [6.07, 6.45) is -2.25. The van der Waals surface area contributed by atoms with Crippen LogP contribution in [0.1, 0.15) is 13.8 Å². The van der Waals surface area contributed by atoms with Crippen molar-refractivity contribution >= 4 is 0 Å². The molecule has 0 radical (unpaired) electrons. The van der Waals surface area contributed by atoms with Crippen LogP contribution in [0, 0.1) is 0 Å². The highest BCUT2D eigenvalue weighted by molar-refractivity contribution is 4.74. The zero-order chi connectivity index (χ0) is 9.72. The van der Waals surface area contributed by atoms with Gasteiger partial charge in [0.1, 0.15) is 0 Å². The van der Waals surface area contributed by atoms with E-state index in [0.29, 0.717) is 0 Å². The average molecular weight is 180 g/mol. The molecule has 0 aromatic heterocycles. The lowest BCUT2D eigenvalue weighted by atomic mass is 10.1. The third kappa shape index (κ3) is 3.97. The minimum Gasteiger partial charge on any atom is -0.316 e. The SMILES string of the molecule is CNC(C)C(C)N(C)CC(F)F. The van der Waals surface area contributed by atoms with Crippen molar-refractivity contribution in [1.82, 2.24) is 10.2 Å². The van der Waals surface area contributed by atoms with Gasteiger partial charge in [-0.15, -0.1) is 0 Å². The Morgan fingerprint density at radius 2 is 1.83 bits per heavy atom. The lowest BCUT2D eigenvalue weighted by molar-refractivity contribution is 0.0773. The minimum absolute atomic E-state index is 0.129. The van der Waals surface area contributed by atoms with Crippen molar-refractivity contribution in [3.63, 3.8) is 0 Å². The molecule has 0 aromatic rings. The summed E-state index contributed by atoms with van der Waals surface area (Å²) in [6.45, 7) is 3.75. The largest absolute Gasteiger partial charge is 0.316 e. The maximum Gasteiger partial charge on any atom is 0.251 e. The van der Waals surface area contributed by atoms with E-state index in [1.165, 1.54) is 0 Å². The monoisotopic (exact) mass is 180 g/mol. The quantitative estimate of drug-likeness (QED) is 0.683. The van der Waals surface area contributed by atoms with E-state index < -0.39 is 6.43 Å².